The third kappa shape index (κ3) is 5.52. The summed E-state index contributed by atoms with van der Waals surface area (Å²) in [6.07, 6.45) is 3.43. The third-order valence-corrected chi connectivity index (χ3v) is 7.50. The number of nitrogens with one attached hydrogen (secondary N) is 1. The molecule has 0 atom stereocenters. The van der Waals surface area contributed by atoms with Crippen LogP contribution in [-0.2, 0) is 21.9 Å². The van der Waals surface area contributed by atoms with Gasteiger partial charge in [-0.15, -0.1) is 0 Å². The maximum atomic E-state index is 13.5. The summed E-state index contributed by atoms with van der Waals surface area (Å²) in [6, 6.07) is 22.8. The molecule has 0 unspecified atom stereocenters. The smallest absolute Gasteiger partial charge is 0.258 e. The number of hydrogen-bond donors (Lipinski definition) is 2. The topological polar surface area (TPSA) is 99.6 Å². The molecule has 0 radical (unpaired) electrons. The molecule has 0 saturated heterocycles. The van der Waals surface area contributed by atoms with E-state index in [1.807, 2.05) is 30.3 Å². The molecular formula is C31H31N3O4S. The summed E-state index contributed by atoms with van der Waals surface area (Å²) in [7, 11) is -3.59. The van der Waals surface area contributed by atoms with E-state index < -0.39 is 10.0 Å². The van der Waals surface area contributed by atoms with E-state index in [-0.39, 0.29) is 22.8 Å². The minimum absolute atomic E-state index is 0.0152. The van der Waals surface area contributed by atoms with E-state index in [0.29, 0.717) is 24.2 Å². The number of anilines is 2. The van der Waals surface area contributed by atoms with Crippen molar-refractivity contribution in [2.24, 2.45) is 0 Å². The van der Waals surface area contributed by atoms with Crippen molar-refractivity contribution in [3.05, 3.63) is 95.7 Å². The lowest BCUT2D eigenvalue weighted by Gasteiger charge is -2.29. The summed E-state index contributed by atoms with van der Waals surface area (Å²) in [5.41, 5.74) is 7.29. The predicted molar refractivity (Wildman–Crippen MR) is 156 cm³/mol. The number of hydrogen-bond acceptors (Lipinski definition) is 5. The number of fused-ring (bicyclic) bond motifs is 1. The van der Waals surface area contributed by atoms with Crippen molar-refractivity contribution in [2.75, 3.05) is 22.4 Å². The Labute approximate surface area is 229 Å². The summed E-state index contributed by atoms with van der Waals surface area (Å²) in [5.74, 6) is -0.383. The molecule has 8 heteroatoms. The molecule has 200 valence electrons. The van der Waals surface area contributed by atoms with Gasteiger partial charge in [0.1, 0.15) is 5.75 Å². The fraction of sp³-hybridized carbons (Fsp3) is 0.226. The summed E-state index contributed by atoms with van der Waals surface area (Å²) in [6.45, 7) is 6.99. The SMILES string of the molecule is CC(C)(C)c1ccc(-c2ccc3c(c2)CCN(c2ccc(O)c(NS(C)(=O)=O)c2)C3=O)c(-c2ccccn2)c1. The summed E-state index contributed by atoms with van der Waals surface area (Å²) in [5, 5.41) is 10.1. The Morgan fingerprint density at radius 2 is 1.69 bits per heavy atom. The van der Waals surface area contributed by atoms with Crippen LogP contribution in [0.5, 0.6) is 5.75 Å². The zero-order chi connectivity index (χ0) is 27.9. The monoisotopic (exact) mass is 541 g/mol. The number of phenolic OH excluding ortho intramolecular Hbond substituents is 1. The van der Waals surface area contributed by atoms with E-state index in [9.17, 15) is 18.3 Å². The first-order valence-corrected chi connectivity index (χ1v) is 14.6. The molecule has 2 N–H and O–H groups in total. The normalized spacial score (nSPS) is 13.7. The Morgan fingerprint density at radius 1 is 0.923 bits per heavy atom. The number of pyridine rings is 1. The lowest BCUT2D eigenvalue weighted by Crippen LogP contribution is -2.37. The minimum Gasteiger partial charge on any atom is -0.506 e. The van der Waals surface area contributed by atoms with E-state index in [0.717, 1.165) is 34.2 Å². The van der Waals surface area contributed by atoms with Crippen LogP contribution in [0.25, 0.3) is 22.4 Å². The van der Waals surface area contributed by atoms with Crippen LogP contribution in [-0.4, -0.2) is 37.2 Å². The molecule has 7 nitrogen and oxygen atoms in total. The number of benzene rings is 3. The molecule has 2 heterocycles. The molecule has 0 bridgehead atoms. The average Bonchev–Trinajstić information content (AvgIpc) is 2.89. The Kier molecular flexibility index (Phi) is 6.68. The van der Waals surface area contributed by atoms with Crippen LogP contribution in [0.4, 0.5) is 11.4 Å². The first-order valence-electron chi connectivity index (χ1n) is 12.7. The second-order valence-electron chi connectivity index (χ2n) is 10.9. The first-order chi connectivity index (χ1) is 18.4. The zero-order valence-electron chi connectivity index (χ0n) is 22.4. The van der Waals surface area contributed by atoms with Gasteiger partial charge in [0.2, 0.25) is 10.0 Å². The lowest BCUT2D eigenvalue weighted by molar-refractivity contribution is 0.0980. The molecule has 0 aliphatic carbocycles. The number of carbonyl (C=O) groups excluding carboxylic acids is 1. The molecule has 1 aliphatic rings. The van der Waals surface area contributed by atoms with Crippen molar-refractivity contribution in [1.82, 2.24) is 4.98 Å². The molecule has 1 amide bonds. The van der Waals surface area contributed by atoms with E-state index in [1.165, 1.54) is 17.7 Å². The molecule has 4 aromatic rings. The molecule has 5 rings (SSSR count). The lowest BCUT2D eigenvalue weighted by atomic mass is 9.83. The van der Waals surface area contributed by atoms with Gasteiger partial charge < -0.3 is 10.0 Å². The molecule has 0 saturated carbocycles. The second kappa shape index (κ2) is 9.85. The summed E-state index contributed by atoms with van der Waals surface area (Å²) < 4.78 is 25.7. The number of carbonyl (C=O) groups is 1. The molecule has 0 fully saturated rings. The average molecular weight is 542 g/mol. The molecule has 3 aromatic carbocycles. The van der Waals surface area contributed by atoms with Gasteiger partial charge in [-0.1, -0.05) is 51.1 Å². The van der Waals surface area contributed by atoms with Crippen molar-refractivity contribution in [3.8, 4) is 28.1 Å². The fourth-order valence-corrected chi connectivity index (χ4v) is 5.44. The molecule has 1 aliphatic heterocycles. The molecular weight excluding hydrogens is 510 g/mol. The van der Waals surface area contributed by atoms with Gasteiger partial charge >= 0.3 is 0 Å². The van der Waals surface area contributed by atoms with Gasteiger partial charge in [0.25, 0.3) is 5.91 Å². The van der Waals surface area contributed by atoms with Crippen LogP contribution in [0.1, 0.15) is 42.3 Å². The summed E-state index contributed by atoms with van der Waals surface area (Å²) >= 11 is 0. The van der Waals surface area contributed by atoms with E-state index >= 15 is 0 Å². The maximum absolute atomic E-state index is 13.5. The van der Waals surface area contributed by atoms with Crippen LogP contribution in [0.3, 0.4) is 0 Å². The fourth-order valence-electron chi connectivity index (χ4n) is 4.87. The highest BCUT2D eigenvalue weighted by Crippen LogP contribution is 2.37. The van der Waals surface area contributed by atoms with Gasteiger partial charge in [-0.2, -0.15) is 0 Å². The Bertz CT molecular complexity index is 1680. The number of sulfonamides is 1. The van der Waals surface area contributed by atoms with Gasteiger partial charge in [0.05, 0.1) is 17.6 Å². The van der Waals surface area contributed by atoms with Gasteiger partial charge in [0.15, 0.2) is 0 Å². The summed E-state index contributed by atoms with van der Waals surface area (Å²) in [4.78, 5) is 19.7. The number of nitrogens with zero attached hydrogens (tertiary/aromatic N) is 2. The van der Waals surface area contributed by atoms with Crippen molar-refractivity contribution in [2.45, 2.75) is 32.6 Å². The number of aromatic nitrogens is 1. The van der Waals surface area contributed by atoms with Crippen molar-refractivity contribution < 1.29 is 18.3 Å². The zero-order valence-corrected chi connectivity index (χ0v) is 23.2. The quantitative estimate of drug-likeness (QED) is 0.302. The number of phenols is 1. The van der Waals surface area contributed by atoms with Crippen LogP contribution in [0, 0.1) is 0 Å². The number of aromatic hydroxyl groups is 1. The van der Waals surface area contributed by atoms with Crippen LogP contribution >= 0.6 is 0 Å². The highest BCUT2D eigenvalue weighted by molar-refractivity contribution is 7.92. The second-order valence-corrected chi connectivity index (χ2v) is 12.6. The third-order valence-electron chi connectivity index (χ3n) is 6.91. The first kappa shape index (κ1) is 26.4. The van der Waals surface area contributed by atoms with Crippen LogP contribution in [0.15, 0.2) is 79.0 Å². The Balaban J connectivity index is 1.51. The predicted octanol–water partition coefficient (Wildman–Crippen LogP) is 5.99. The molecule has 0 spiro atoms. The van der Waals surface area contributed by atoms with Crippen molar-refractivity contribution >= 4 is 27.3 Å². The van der Waals surface area contributed by atoms with E-state index in [1.54, 1.807) is 17.2 Å². The largest absolute Gasteiger partial charge is 0.506 e. The highest BCUT2D eigenvalue weighted by atomic mass is 32.2. The molecule has 1 aromatic heterocycles. The Hall–Kier alpha value is -4.17. The molecule has 39 heavy (non-hydrogen) atoms. The van der Waals surface area contributed by atoms with Gasteiger partial charge in [-0.25, -0.2) is 8.42 Å². The maximum Gasteiger partial charge on any atom is 0.258 e. The van der Waals surface area contributed by atoms with Crippen molar-refractivity contribution in [3.63, 3.8) is 0 Å². The van der Waals surface area contributed by atoms with Gasteiger partial charge in [0, 0.05) is 29.6 Å². The minimum atomic E-state index is -3.59. The Morgan fingerprint density at radius 3 is 2.38 bits per heavy atom. The van der Waals surface area contributed by atoms with Crippen molar-refractivity contribution in [1.29, 1.82) is 0 Å². The van der Waals surface area contributed by atoms with E-state index in [2.05, 4.69) is 54.7 Å². The number of rotatable bonds is 5. The van der Waals surface area contributed by atoms with Gasteiger partial charge in [-0.05, 0) is 76.6 Å². The number of amides is 1. The standard InChI is InChI=1S/C31H31N3O4S/c1-31(2,3)22-9-12-24(26(18-22)27-7-5-6-15-32-27)20-8-11-25-21(17-20)14-16-34(30(25)36)23-10-13-29(35)28(19-23)33-39(4,37)38/h5-13,15,17-19,33,35H,14,16H2,1-4H3. The van der Waals surface area contributed by atoms with Crippen LogP contribution in [0.2, 0.25) is 0 Å². The van der Waals surface area contributed by atoms with Crippen LogP contribution < -0.4 is 9.62 Å². The highest BCUT2D eigenvalue weighted by Gasteiger charge is 2.27. The van der Waals surface area contributed by atoms with E-state index in [4.69, 9.17) is 0 Å². The van der Waals surface area contributed by atoms with Gasteiger partial charge in [-0.3, -0.25) is 14.5 Å².